The van der Waals surface area contributed by atoms with Gasteiger partial charge in [0.1, 0.15) is 3.23 Å². The van der Waals surface area contributed by atoms with Crippen LogP contribution in [-0.4, -0.2) is 15.9 Å². The van der Waals surface area contributed by atoms with Crippen molar-refractivity contribution >= 4 is 31.9 Å². The fourth-order valence-electron chi connectivity index (χ4n) is 1.23. The first-order valence-corrected chi connectivity index (χ1v) is 5.25. The van der Waals surface area contributed by atoms with E-state index in [9.17, 15) is 0 Å². The lowest BCUT2D eigenvalue weighted by Gasteiger charge is -2.34. The molecular formula is C7H12Br2O. The zero-order valence-corrected chi connectivity index (χ0v) is 9.24. The van der Waals surface area contributed by atoms with Crippen LogP contribution in [0.1, 0.15) is 26.2 Å². The fourth-order valence-corrected chi connectivity index (χ4v) is 2.71. The second-order valence-electron chi connectivity index (χ2n) is 2.63. The van der Waals surface area contributed by atoms with Gasteiger partial charge in [-0.1, -0.05) is 38.8 Å². The van der Waals surface area contributed by atoms with E-state index in [1.165, 1.54) is 0 Å². The molecule has 1 heterocycles. The molecule has 0 radical (unpaired) electrons. The summed E-state index contributed by atoms with van der Waals surface area (Å²) >= 11 is 7.22. The summed E-state index contributed by atoms with van der Waals surface area (Å²) in [5.74, 6) is 0. The maximum atomic E-state index is 5.55. The molecule has 1 rings (SSSR count). The normalized spacial score (nSPS) is 32.1. The van der Waals surface area contributed by atoms with E-state index in [0.717, 1.165) is 25.9 Å². The molecular weight excluding hydrogens is 260 g/mol. The standard InChI is InChI=1S/C7H12Br2O/c1-2-6-7(8,9)4-3-5-10-6/h6H,2-5H2,1H3. The van der Waals surface area contributed by atoms with Gasteiger partial charge in [-0.15, -0.1) is 0 Å². The average Bonchev–Trinajstić information content (AvgIpc) is 1.87. The molecule has 1 atom stereocenters. The average molecular weight is 272 g/mol. The molecule has 0 aromatic carbocycles. The predicted octanol–water partition coefficient (Wildman–Crippen LogP) is 3.06. The van der Waals surface area contributed by atoms with Crippen LogP contribution in [0.4, 0.5) is 0 Å². The van der Waals surface area contributed by atoms with Crippen molar-refractivity contribution in [2.75, 3.05) is 6.61 Å². The van der Waals surface area contributed by atoms with Gasteiger partial charge in [0.25, 0.3) is 0 Å². The molecule has 0 amide bonds. The van der Waals surface area contributed by atoms with E-state index < -0.39 is 0 Å². The molecule has 0 bridgehead atoms. The first-order chi connectivity index (χ1) is 4.67. The summed E-state index contributed by atoms with van der Waals surface area (Å²) in [7, 11) is 0. The fraction of sp³-hybridized carbons (Fsp3) is 1.00. The predicted molar refractivity (Wildman–Crippen MR) is 49.9 cm³/mol. The Morgan fingerprint density at radius 3 is 2.70 bits per heavy atom. The van der Waals surface area contributed by atoms with Gasteiger partial charge in [0.2, 0.25) is 0 Å². The molecule has 0 aromatic heterocycles. The van der Waals surface area contributed by atoms with Crippen molar-refractivity contribution in [3.63, 3.8) is 0 Å². The molecule has 0 saturated carbocycles. The molecule has 1 saturated heterocycles. The summed E-state index contributed by atoms with van der Waals surface area (Å²) in [5, 5.41) is 0. The highest BCUT2D eigenvalue weighted by molar-refractivity contribution is 9.25. The Hall–Kier alpha value is 0.920. The number of rotatable bonds is 1. The highest BCUT2D eigenvalue weighted by Gasteiger charge is 2.35. The molecule has 1 fully saturated rings. The van der Waals surface area contributed by atoms with Crippen LogP contribution in [0, 0.1) is 0 Å². The van der Waals surface area contributed by atoms with E-state index in [1.54, 1.807) is 0 Å². The lowest BCUT2D eigenvalue weighted by Crippen LogP contribution is -2.36. The van der Waals surface area contributed by atoms with E-state index in [0.29, 0.717) is 6.10 Å². The van der Waals surface area contributed by atoms with Gasteiger partial charge >= 0.3 is 0 Å². The third kappa shape index (κ3) is 1.95. The van der Waals surface area contributed by atoms with Crippen LogP contribution in [0.15, 0.2) is 0 Å². The minimum absolute atomic E-state index is 0.0486. The van der Waals surface area contributed by atoms with Crippen molar-refractivity contribution in [2.45, 2.75) is 35.5 Å². The maximum Gasteiger partial charge on any atom is 0.107 e. The van der Waals surface area contributed by atoms with Crippen LogP contribution < -0.4 is 0 Å². The molecule has 1 aliphatic rings. The van der Waals surface area contributed by atoms with Crippen molar-refractivity contribution < 1.29 is 4.74 Å². The number of hydrogen-bond donors (Lipinski definition) is 0. The minimum Gasteiger partial charge on any atom is -0.376 e. The Morgan fingerprint density at radius 1 is 1.60 bits per heavy atom. The van der Waals surface area contributed by atoms with Gasteiger partial charge in [0.05, 0.1) is 6.10 Å². The monoisotopic (exact) mass is 270 g/mol. The summed E-state index contributed by atoms with van der Waals surface area (Å²) < 4.78 is 5.60. The first kappa shape index (κ1) is 9.01. The molecule has 60 valence electrons. The van der Waals surface area contributed by atoms with Crippen molar-refractivity contribution in [1.82, 2.24) is 0 Å². The molecule has 1 aliphatic heterocycles. The molecule has 0 aromatic rings. The van der Waals surface area contributed by atoms with Crippen LogP contribution >= 0.6 is 31.9 Å². The van der Waals surface area contributed by atoms with Crippen LogP contribution in [0.3, 0.4) is 0 Å². The largest absolute Gasteiger partial charge is 0.376 e. The van der Waals surface area contributed by atoms with E-state index in [2.05, 4.69) is 38.8 Å². The molecule has 3 heteroatoms. The van der Waals surface area contributed by atoms with Crippen molar-refractivity contribution in [3.8, 4) is 0 Å². The summed E-state index contributed by atoms with van der Waals surface area (Å²) in [4.78, 5) is 0. The zero-order valence-electron chi connectivity index (χ0n) is 6.07. The quantitative estimate of drug-likeness (QED) is 0.666. The smallest absolute Gasteiger partial charge is 0.107 e. The van der Waals surface area contributed by atoms with Gasteiger partial charge in [-0.2, -0.15) is 0 Å². The lowest BCUT2D eigenvalue weighted by atomic mass is 10.1. The van der Waals surface area contributed by atoms with Crippen LogP contribution in [0.25, 0.3) is 0 Å². The van der Waals surface area contributed by atoms with Gasteiger partial charge in [0, 0.05) is 6.61 Å². The minimum atomic E-state index is 0.0486. The Labute approximate surface area is 78.8 Å². The molecule has 0 N–H and O–H groups in total. The topological polar surface area (TPSA) is 9.23 Å². The number of alkyl halides is 2. The zero-order chi connectivity index (χ0) is 7.61. The van der Waals surface area contributed by atoms with E-state index in [1.807, 2.05) is 0 Å². The van der Waals surface area contributed by atoms with Crippen molar-refractivity contribution in [3.05, 3.63) is 0 Å². The Kier molecular flexibility index (Phi) is 3.20. The van der Waals surface area contributed by atoms with E-state index in [4.69, 9.17) is 4.74 Å². The third-order valence-electron chi connectivity index (χ3n) is 1.82. The van der Waals surface area contributed by atoms with Gasteiger partial charge in [-0.3, -0.25) is 0 Å². The van der Waals surface area contributed by atoms with Gasteiger partial charge < -0.3 is 4.74 Å². The summed E-state index contributed by atoms with van der Waals surface area (Å²) in [5.41, 5.74) is 0. The molecule has 0 aliphatic carbocycles. The van der Waals surface area contributed by atoms with Crippen molar-refractivity contribution in [2.24, 2.45) is 0 Å². The summed E-state index contributed by atoms with van der Waals surface area (Å²) in [6.45, 7) is 3.06. The van der Waals surface area contributed by atoms with Gasteiger partial charge in [0.15, 0.2) is 0 Å². The van der Waals surface area contributed by atoms with E-state index >= 15 is 0 Å². The third-order valence-corrected chi connectivity index (χ3v) is 3.63. The Bertz CT molecular complexity index is 114. The number of hydrogen-bond acceptors (Lipinski definition) is 1. The van der Waals surface area contributed by atoms with Crippen molar-refractivity contribution in [1.29, 1.82) is 0 Å². The molecule has 1 nitrogen and oxygen atoms in total. The van der Waals surface area contributed by atoms with Crippen LogP contribution in [0.2, 0.25) is 0 Å². The second-order valence-corrected chi connectivity index (χ2v) is 6.53. The summed E-state index contributed by atoms with van der Waals surface area (Å²) in [6.07, 6.45) is 3.70. The van der Waals surface area contributed by atoms with Gasteiger partial charge in [-0.25, -0.2) is 0 Å². The second kappa shape index (κ2) is 3.55. The maximum absolute atomic E-state index is 5.55. The SMILES string of the molecule is CCC1OCCCC1(Br)Br. The highest BCUT2D eigenvalue weighted by atomic mass is 79.9. The molecule has 10 heavy (non-hydrogen) atoms. The van der Waals surface area contributed by atoms with Crippen LogP contribution in [0.5, 0.6) is 0 Å². The molecule has 0 spiro atoms. The lowest BCUT2D eigenvalue weighted by molar-refractivity contribution is 0.0145. The van der Waals surface area contributed by atoms with E-state index in [-0.39, 0.29) is 3.23 Å². The molecule has 1 unspecified atom stereocenters. The Balaban J connectivity index is 2.51. The highest BCUT2D eigenvalue weighted by Crippen LogP contribution is 2.40. The van der Waals surface area contributed by atoms with Gasteiger partial charge in [-0.05, 0) is 19.3 Å². The number of halogens is 2. The van der Waals surface area contributed by atoms with Crippen LogP contribution in [-0.2, 0) is 4.74 Å². The summed E-state index contributed by atoms with van der Waals surface area (Å²) in [6, 6.07) is 0. The Morgan fingerprint density at radius 2 is 2.30 bits per heavy atom. The first-order valence-electron chi connectivity index (χ1n) is 3.66. The number of ether oxygens (including phenoxy) is 1.